The Morgan fingerprint density at radius 2 is 1.75 bits per heavy atom. The molecule has 0 radical (unpaired) electrons. The average Bonchev–Trinajstić information content (AvgIpc) is 2.94. The summed E-state index contributed by atoms with van der Waals surface area (Å²) < 4.78 is 68.3. The van der Waals surface area contributed by atoms with Crippen LogP contribution in [0.1, 0.15) is 22.3 Å². The number of rotatable bonds is 5. The van der Waals surface area contributed by atoms with Crippen LogP contribution in [0.15, 0.2) is 41.3 Å². The van der Waals surface area contributed by atoms with Gasteiger partial charge in [0.25, 0.3) is 0 Å². The van der Waals surface area contributed by atoms with Gasteiger partial charge in [0.2, 0.25) is 10.0 Å². The highest BCUT2D eigenvalue weighted by Gasteiger charge is 2.44. The lowest BCUT2D eigenvalue weighted by Gasteiger charge is -2.27. The first-order valence-electron chi connectivity index (χ1n) is 8.74. The Morgan fingerprint density at radius 1 is 1.14 bits per heavy atom. The highest BCUT2D eigenvalue weighted by molar-refractivity contribution is 7.89. The predicted octanol–water partition coefficient (Wildman–Crippen LogP) is 3.66. The smallest absolute Gasteiger partial charge is 0.318 e. The zero-order valence-corrected chi connectivity index (χ0v) is 16.6. The van der Waals surface area contributed by atoms with Crippen LogP contribution < -0.4 is 10.1 Å². The zero-order valence-electron chi connectivity index (χ0n) is 15.8. The molecule has 28 heavy (non-hydrogen) atoms. The number of hydrazine groups is 1. The van der Waals surface area contributed by atoms with Gasteiger partial charge in [0.15, 0.2) is 0 Å². The molecule has 0 fully saturated rings. The monoisotopic (exact) mass is 413 g/mol. The van der Waals surface area contributed by atoms with Crippen molar-refractivity contribution < 1.29 is 21.6 Å². The summed E-state index contributed by atoms with van der Waals surface area (Å²) in [6.07, 6.45) is -4.74. The minimum Gasteiger partial charge on any atom is -0.318 e. The van der Waals surface area contributed by atoms with Gasteiger partial charge in [0.1, 0.15) is 6.04 Å². The van der Waals surface area contributed by atoms with E-state index in [0.29, 0.717) is 11.1 Å². The van der Waals surface area contributed by atoms with Crippen LogP contribution in [0.2, 0.25) is 0 Å². The van der Waals surface area contributed by atoms with Crippen LogP contribution in [0.4, 0.5) is 18.9 Å². The van der Waals surface area contributed by atoms with Gasteiger partial charge in [-0.25, -0.2) is 13.4 Å². The highest BCUT2D eigenvalue weighted by Crippen LogP contribution is 2.29. The molecule has 2 N–H and O–H groups in total. The van der Waals surface area contributed by atoms with E-state index in [1.54, 1.807) is 51.1 Å². The number of halogens is 3. The Hall–Kier alpha value is -2.10. The number of alkyl halides is 3. The van der Waals surface area contributed by atoms with Crippen LogP contribution in [0.25, 0.3) is 0 Å². The van der Waals surface area contributed by atoms with Crippen LogP contribution in [-0.2, 0) is 16.6 Å². The lowest BCUT2D eigenvalue weighted by atomic mass is 10.1. The minimum absolute atomic E-state index is 0.106. The van der Waals surface area contributed by atoms with Crippen LogP contribution in [0, 0.1) is 20.8 Å². The van der Waals surface area contributed by atoms with Gasteiger partial charge >= 0.3 is 6.18 Å². The summed E-state index contributed by atoms with van der Waals surface area (Å²) in [6, 6.07) is 8.19. The van der Waals surface area contributed by atoms with Gasteiger partial charge in [-0.3, -0.25) is 0 Å². The maximum Gasteiger partial charge on any atom is 0.406 e. The molecule has 1 heterocycles. The van der Waals surface area contributed by atoms with Crippen molar-refractivity contribution in [1.29, 1.82) is 0 Å². The third kappa shape index (κ3) is 4.31. The number of fused-ring (bicyclic) bond motifs is 1. The number of benzene rings is 2. The third-order valence-electron chi connectivity index (χ3n) is 4.63. The van der Waals surface area contributed by atoms with Gasteiger partial charge in [0.05, 0.1) is 10.6 Å². The van der Waals surface area contributed by atoms with Crippen LogP contribution in [0.5, 0.6) is 0 Å². The lowest BCUT2D eigenvalue weighted by molar-refractivity contribution is -0.154. The molecule has 2 aromatic carbocycles. The molecule has 0 saturated heterocycles. The van der Waals surface area contributed by atoms with Crippen molar-refractivity contribution in [2.45, 2.75) is 44.4 Å². The van der Waals surface area contributed by atoms with Crippen molar-refractivity contribution >= 4 is 15.7 Å². The van der Waals surface area contributed by atoms with E-state index in [1.165, 1.54) is 5.01 Å². The van der Waals surface area contributed by atoms with Gasteiger partial charge in [-0.05, 0) is 43.5 Å². The molecule has 0 aromatic heterocycles. The molecule has 0 aliphatic carbocycles. The van der Waals surface area contributed by atoms with Gasteiger partial charge < -0.3 is 5.43 Å². The van der Waals surface area contributed by atoms with Crippen molar-refractivity contribution in [3.8, 4) is 0 Å². The van der Waals surface area contributed by atoms with Gasteiger partial charge in [0, 0.05) is 13.1 Å². The Bertz CT molecular complexity index is 942. The number of hydrogen-bond donors (Lipinski definition) is 2. The molecule has 1 atom stereocenters. The van der Waals surface area contributed by atoms with E-state index in [1.807, 2.05) is 10.8 Å². The molecule has 5 nitrogen and oxygen atoms in total. The van der Waals surface area contributed by atoms with E-state index in [-0.39, 0.29) is 11.4 Å². The maximum atomic E-state index is 13.6. The molecule has 1 aliphatic rings. The first-order chi connectivity index (χ1) is 13.0. The number of hydrogen-bond acceptors (Lipinski definition) is 4. The molecule has 3 rings (SSSR count). The molecule has 9 heteroatoms. The minimum atomic E-state index is -4.74. The first-order valence-corrected chi connectivity index (χ1v) is 10.2. The first kappa shape index (κ1) is 20.6. The van der Waals surface area contributed by atoms with E-state index in [2.05, 4.69) is 5.43 Å². The molecule has 152 valence electrons. The summed E-state index contributed by atoms with van der Waals surface area (Å²) in [6.45, 7) is 4.67. The molecule has 0 saturated carbocycles. The Labute approximate surface area is 162 Å². The molecular formula is C19H22F3N3O2S. The number of anilines is 1. The summed E-state index contributed by atoms with van der Waals surface area (Å²) >= 11 is 0. The largest absolute Gasteiger partial charge is 0.406 e. The number of nitrogens with zero attached hydrogens (tertiary/aromatic N) is 1. The Morgan fingerprint density at radius 3 is 2.32 bits per heavy atom. The van der Waals surface area contributed by atoms with E-state index >= 15 is 0 Å². The average molecular weight is 413 g/mol. The summed E-state index contributed by atoms with van der Waals surface area (Å²) in [7, 11) is -4.35. The predicted molar refractivity (Wildman–Crippen MR) is 101 cm³/mol. The second kappa shape index (κ2) is 7.38. The van der Waals surface area contributed by atoms with Gasteiger partial charge in [-0.2, -0.15) is 17.9 Å². The van der Waals surface area contributed by atoms with E-state index < -0.39 is 28.8 Å². The van der Waals surface area contributed by atoms with Crippen LogP contribution >= 0.6 is 0 Å². The van der Waals surface area contributed by atoms with E-state index in [9.17, 15) is 21.6 Å². The lowest BCUT2D eigenvalue weighted by Crippen LogP contribution is -2.52. The van der Waals surface area contributed by atoms with Crippen molar-refractivity contribution in [3.05, 3.63) is 58.7 Å². The van der Waals surface area contributed by atoms with Gasteiger partial charge in [-0.1, -0.05) is 35.9 Å². The van der Waals surface area contributed by atoms with Crippen molar-refractivity contribution in [2.24, 2.45) is 0 Å². The summed E-state index contributed by atoms with van der Waals surface area (Å²) in [5, 5.41) is 1.36. The van der Waals surface area contributed by atoms with Gasteiger partial charge in [-0.15, -0.1) is 0 Å². The topological polar surface area (TPSA) is 61.4 Å². The van der Waals surface area contributed by atoms with Crippen molar-refractivity contribution in [1.82, 2.24) is 9.73 Å². The summed E-state index contributed by atoms with van der Waals surface area (Å²) in [5.74, 6) is 0. The van der Waals surface area contributed by atoms with E-state index in [4.69, 9.17) is 0 Å². The van der Waals surface area contributed by atoms with Crippen LogP contribution in [-0.4, -0.2) is 32.2 Å². The standard InChI is InChI=1S/C19H22F3N3O2S/c1-12-8-13(2)18(14(3)9-12)28(26,27)24-17(19(20,21)22)11-25-10-15-6-4-5-7-16(15)23-25/h4-9,17,23-24H,10-11H2,1-3H3. The molecule has 2 aromatic rings. The second-order valence-electron chi connectivity index (χ2n) is 7.09. The summed E-state index contributed by atoms with van der Waals surface area (Å²) in [4.78, 5) is -0.106. The SMILES string of the molecule is Cc1cc(C)c(S(=O)(=O)NC(CN2Cc3ccccc3N2)C(F)(F)F)c(C)c1. The summed E-state index contributed by atoms with van der Waals surface area (Å²) in [5.41, 5.74) is 6.14. The second-order valence-corrected chi connectivity index (χ2v) is 8.74. The number of para-hydroxylation sites is 1. The normalized spacial score (nSPS) is 15.9. The molecule has 1 aliphatic heterocycles. The van der Waals surface area contributed by atoms with Crippen LogP contribution in [0.3, 0.4) is 0 Å². The maximum absolute atomic E-state index is 13.6. The highest BCUT2D eigenvalue weighted by atomic mass is 32.2. The molecule has 1 unspecified atom stereocenters. The fourth-order valence-corrected chi connectivity index (χ4v) is 5.22. The quantitative estimate of drug-likeness (QED) is 0.785. The number of nitrogens with one attached hydrogen (secondary N) is 2. The Kier molecular flexibility index (Phi) is 5.44. The van der Waals surface area contributed by atoms with Crippen molar-refractivity contribution in [3.63, 3.8) is 0 Å². The molecule has 0 bridgehead atoms. The number of sulfonamides is 1. The Balaban J connectivity index is 1.84. The molecular weight excluding hydrogens is 391 g/mol. The fourth-order valence-electron chi connectivity index (χ4n) is 3.56. The zero-order chi connectivity index (χ0) is 20.7. The third-order valence-corrected chi connectivity index (χ3v) is 6.40. The fraction of sp³-hybridized carbons (Fsp3) is 0.368. The van der Waals surface area contributed by atoms with Crippen molar-refractivity contribution in [2.75, 3.05) is 12.0 Å². The molecule has 0 amide bonds. The molecule has 0 spiro atoms. The van der Waals surface area contributed by atoms with E-state index in [0.717, 1.165) is 16.8 Å². The number of aryl methyl sites for hydroxylation is 3.